The Morgan fingerprint density at radius 1 is 1.03 bits per heavy atom. The summed E-state index contributed by atoms with van der Waals surface area (Å²) < 4.78 is 44.6. The van der Waals surface area contributed by atoms with Crippen molar-refractivity contribution in [1.29, 1.82) is 0 Å². The van der Waals surface area contributed by atoms with Crippen LogP contribution in [-0.2, 0) is 0 Å². The Balaban J connectivity index is 1.94. The van der Waals surface area contributed by atoms with Gasteiger partial charge in [-0.1, -0.05) is 19.1 Å². The third-order valence-electron chi connectivity index (χ3n) is 5.90. The second-order valence-electron chi connectivity index (χ2n) is 8.38. The molecule has 0 aliphatic heterocycles. The fourth-order valence-corrected chi connectivity index (χ4v) is 4.59. The van der Waals surface area contributed by atoms with E-state index < -0.39 is 34.6 Å². The molecule has 5 nitrogen and oxygen atoms in total. The van der Waals surface area contributed by atoms with Gasteiger partial charge in [-0.15, -0.1) is 0 Å². The lowest BCUT2D eigenvalue weighted by atomic mass is 9.76. The van der Waals surface area contributed by atoms with E-state index in [9.17, 15) is 13.6 Å². The Morgan fingerprint density at radius 3 is 2.41 bits per heavy atom. The fraction of sp³-hybridized carbons (Fsp3) is 0.292. The average molecular weight is 440 g/mol. The molecule has 1 saturated carbocycles. The summed E-state index contributed by atoms with van der Waals surface area (Å²) in [4.78, 5) is 20.3. The maximum atomic E-state index is 15.7. The fourth-order valence-electron chi connectivity index (χ4n) is 4.59. The first-order valence-electron chi connectivity index (χ1n) is 10.4. The first-order chi connectivity index (χ1) is 15.3. The second-order valence-corrected chi connectivity index (χ2v) is 8.38. The maximum absolute atomic E-state index is 15.7. The van der Waals surface area contributed by atoms with Gasteiger partial charge in [-0.25, -0.2) is 18.2 Å². The second kappa shape index (κ2) is 8.70. The zero-order chi connectivity index (χ0) is 23.0. The van der Waals surface area contributed by atoms with Crippen LogP contribution in [0.3, 0.4) is 0 Å². The molecule has 4 N–H and O–H groups in total. The van der Waals surface area contributed by atoms with Crippen molar-refractivity contribution in [2.24, 2.45) is 17.4 Å². The minimum Gasteiger partial charge on any atom is -0.364 e. The van der Waals surface area contributed by atoms with Gasteiger partial charge in [0.05, 0.1) is 11.3 Å². The normalized spacial score (nSPS) is 20.8. The molecule has 0 unspecified atom stereocenters. The number of amides is 1. The predicted octanol–water partition coefficient (Wildman–Crippen LogP) is 4.56. The molecule has 3 atom stereocenters. The van der Waals surface area contributed by atoms with Crippen LogP contribution in [0.4, 0.5) is 13.2 Å². The van der Waals surface area contributed by atoms with E-state index in [-0.39, 0.29) is 23.2 Å². The number of benzene rings is 1. The van der Waals surface area contributed by atoms with E-state index in [0.29, 0.717) is 23.6 Å². The van der Waals surface area contributed by atoms with Gasteiger partial charge in [0.1, 0.15) is 23.0 Å². The van der Waals surface area contributed by atoms with Gasteiger partial charge < -0.3 is 11.5 Å². The summed E-state index contributed by atoms with van der Waals surface area (Å²) >= 11 is 0. The molecule has 166 valence electrons. The maximum Gasteiger partial charge on any atom is 0.267 e. The zero-order valence-electron chi connectivity index (χ0n) is 17.5. The molecule has 1 aromatic carbocycles. The first kappa shape index (κ1) is 22.0. The third kappa shape index (κ3) is 4.10. The van der Waals surface area contributed by atoms with Crippen molar-refractivity contribution in [2.75, 3.05) is 0 Å². The molecule has 3 aromatic rings. The average Bonchev–Trinajstić information content (AvgIpc) is 2.74. The molecule has 0 saturated heterocycles. The predicted molar refractivity (Wildman–Crippen MR) is 115 cm³/mol. The van der Waals surface area contributed by atoms with Crippen LogP contribution in [0.1, 0.15) is 48.3 Å². The van der Waals surface area contributed by atoms with Gasteiger partial charge >= 0.3 is 0 Å². The molecule has 32 heavy (non-hydrogen) atoms. The number of nitrogens with zero attached hydrogens (tertiary/aromatic N) is 2. The number of carbonyl (C=O) groups excluding carboxylic acids is 1. The molecule has 1 fully saturated rings. The lowest BCUT2D eigenvalue weighted by Gasteiger charge is -2.32. The Kier molecular flexibility index (Phi) is 5.97. The molecule has 0 spiro atoms. The summed E-state index contributed by atoms with van der Waals surface area (Å²) in [5.74, 6) is -3.55. The van der Waals surface area contributed by atoms with Crippen LogP contribution in [0.2, 0.25) is 0 Å². The molecule has 1 aliphatic carbocycles. The van der Waals surface area contributed by atoms with E-state index in [1.165, 1.54) is 6.07 Å². The molecule has 8 heteroatoms. The summed E-state index contributed by atoms with van der Waals surface area (Å²) in [5, 5.41) is 0. The van der Waals surface area contributed by atoms with Crippen LogP contribution in [0.15, 0.2) is 42.6 Å². The molecule has 0 radical (unpaired) electrons. The molecule has 1 amide bonds. The van der Waals surface area contributed by atoms with Crippen molar-refractivity contribution in [1.82, 2.24) is 9.97 Å². The van der Waals surface area contributed by atoms with Gasteiger partial charge in [-0.3, -0.25) is 9.78 Å². The van der Waals surface area contributed by atoms with E-state index in [1.807, 2.05) is 0 Å². The standard InChI is InChI=1S/C24H23F3N4O/c1-12-8-13(10-14(28)9-12)22-15(4-3-7-30-22)16-11-19(24(29)32)31-23(21(16)27)20-17(25)5-2-6-18(20)26/h2-7,11-14H,8-10,28H2,1H3,(H2,29,32)/t12-,13+,14-/m0/s1. The smallest absolute Gasteiger partial charge is 0.267 e. The van der Waals surface area contributed by atoms with Gasteiger partial charge in [0, 0.05) is 29.3 Å². The molecule has 1 aliphatic rings. The number of hydrogen-bond donors (Lipinski definition) is 2. The quantitative estimate of drug-likeness (QED) is 0.622. The van der Waals surface area contributed by atoms with Gasteiger partial charge in [-0.2, -0.15) is 0 Å². The van der Waals surface area contributed by atoms with Gasteiger partial charge in [0.15, 0.2) is 5.82 Å². The van der Waals surface area contributed by atoms with Crippen LogP contribution in [-0.4, -0.2) is 21.9 Å². The lowest BCUT2D eigenvalue weighted by Crippen LogP contribution is -2.31. The number of primary amides is 1. The summed E-state index contributed by atoms with van der Waals surface area (Å²) in [7, 11) is 0. The highest BCUT2D eigenvalue weighted by atomic mass is 19.1. The van der Waals surface area contributed by atoms with Crippen molar-refractivity contribution >= 4 is 5.91 Å². The number of pyridine rings is 2. The van der Waals surface area contributed by atoms with E-state index in [0.717, 1.165) is 31.0 Å². The van der Waals surface area contributed by atoms with Crippen molar-refractivity contribution in [3.05, 3.63) is 71.4 Å². The Bertz CT molecular complexity index is 1150. The van der Waals surface area contributed by atoms with Crippen molar-refractivity contribution in [2.45, 2.75) is 38.1 Å². The van der Waals surface area contributed by atoms with E-state index in [1.54, 1.807) is 18.3 Å². The first-order valence-corrected chi connectivity index (χ1v) is 10.4. The zero-order valence-corrected chi connectivity index (χ0v) is 17.5. The van der Waals surface area contributed by atoms with E-state index in [2.05, 4.69) is 16.9 Å². The van der Waals surface area contributed by atoms with Gasteiger partial charge in [0.2, 0.25) is 0 Å². The minimum absolute atomic E-state index is 0.00912. The summed E-state index contributed by atoms with van der Waals surface area (Å²) in [6, 6.07) is 7.65. The number of rotatable bonds is 4. The highest BCUT2D eigenvalue weighted by Gasteiger charge is 2.30. The largest absolute Gasteiger partial charge is 0.364 e. The van der Waals surface area contributed by atoms with Gasteiger partial charge in [-0.05, 0) is 49.4 Å². The Hall–Kier alpha value is -3.26. The van der Waals surface area contributed by atoms with Crippen LogP contribution in [0.5, 0.6) is 0 Å². The van der Waals surface area contributed by atoms with Gasteiger partial charge in [0.25, 0.3) is 5.91 Å². The lowest BCUT2D eigenvalue weighted by molar-refractivity contribution is 0.0995. The highest BCUT2D eigenvalue weighted by molar-refractivity contribution is 5.93. The molecular formula is C24H23F3N4O. The number of aromatic nitrogens is 2. The Labute approximate surface area is 183 Å². The summed E-state index contributed by atoms with van der Waals surface area (Å²) in [6.07, 6.45) is 4.00. The number of hydrogen-bond acceptors (Lipinski definition) is 4. The monoisotopic (exact) mass is 440 g/mol. The molecule has 4 rings (SSSR count). The van der Waals surface area contributed by atoms with Crippen molar-refractivity contribution in [3.63, 3.8) is 0 Å². The summed E-state index contributed by atoms with van der Waals surface area (Å²) in [5.41, 5.74) is 11.0. The van der Waals surface area contributed by atoms with E-state index in [4.69, 9.17) is 11.5 Å². The SMILES string of the molecule is C[C@@H]1C[C@H](N)C[C@H](c2ncccc2-c2cc(C(N)=O)nc(-c3c(F)cccc3F)c2F)C1. The van der Waals surface area contributed by atoms with Crippen molar-refractivity contribution < 1.29 is 18.0 Å². The topological polar surface area (TPSA) is 94.9 Å². The van der Waals surface area contributed by atoms with Crippen LogP contribution < -0.4 is 11.5 Å². The van der Waals surface area contributed by atoms with Crippen LogP contribution in [0.25, 0.3) is 22.4 Å². The molecular weight excluding hydrogens is 417 g/mol. The molecule has 0 bridgehead atoms. The van der Waals surface area contributed by atoms with Crippen LogP contribution in [0, 0.1) is 23.4 Å². The van der Waals surface area contributed by atoms with Crippen LogP contribution >= 0.6 is 0 Å². The van der Waals surface area contributed by atoms with E-state index >= 15 is 4.39 Å². The minimum atomic E-state index is -0.998. The third-order valence-corrected chi connectivity index (χ3v) is 5.90. The summed E-state index contributed by atoms with van der Waals surface area (Å²) in [6.45, 7) is 2.10. The number of halogens is 3. The highest BCUT2D eigenvalue weighted by Crippen LogP contribution is 2.41. The molecule has 2 aromatic heterocycles. The number of carbonyl (C=O) groups is 1. The number of nitrogens with two attached hydrogens (primary N) is 2. The molecule has 2 heterocycles. The van der Waals surface area contributed by atoms with Crippen molar-refractivity contribution in [3.8, 4) is 22.4 Å². The Morgan fingerprint density at radius 2 is 1.75 bits per heavy atom.